The van der Waals surface area contributed by atoms with E-state index in [2.05, 4.69) is 15.2 Å². The minimum Gasteiger partial charge on any atom is -0.391 e. The molecule has 28 heavy (non-hydrogen) atoms. The fourth-order valence-electron chi connectivity index (χ4n) is 3.57. The van der Waals surface area contributed by atoms with Gasteiger partial charge >= 0.3 is 0 Å². The maximum atomic E-state index is 12.6. The number of hydrogen-bond acceptors (Lipinski definition) is 6. The number of rotatable bonds is 4. The van der Waals surface area contributed by atoms with Crippen molar-refractivity contribution >= 4 is 22.4 Å². The summed E-state index contributed by atoms with van der Waals surface area (Å²) in [5.74, 6) is 0.558. The van der Waals surface area contributed by atoms with Crippen molar-refractivity contribution in [1.29, 1.82) is 0 Å². The predicted octanol–water partition coefficient (Wildman–Crippen LogP) is 2.39. The molecular formula is C21H25N5O2. The highest BCUT2D eigenvalue weighted by Gasteiger charge is 2.20. The molecule has 0 bridgehead atoms. The fraction of sp³-hybridized carbons (Fsp3) is 0.381. The average molecular weight is 379 g/mol. The molecule has 0 radical (unpaired) electrons. The van der Waals surface area contributed by atoms with Crippen molar-refractivity contribution in [2.75, 3.05) is 23.3 Å². The molecular weight excluding hydrogens is 354 g/mol. The molecule has 0 aliphatic carbocycles. The number of pyridine rings is 1. The van der Waals surface area contributed by atoms with E-state index in [0.29, 0.717) is 23.3 Å². The summed E-state index contributed by atoms with van der Waals surface area (Å²) in [7, 11) is 1.69. The number of benzene rings is 1. The number of nitrogens with one attached hydrogen (secondary N) is 1. The summed E-state index contributed by atoms with van der Waals surface area (Å²) < 4.78 is 1.47. The summed E-state index contributed by atoms with van der Waals surface area (Å²) in [6.45, 7) is 5.56. The van der Waals surface area contributed by atoms with Crippen LogP contribution in [0.2, 0.25) is 0 Å². The third-order valence-corrected chi connectivity index (χ3v) is 5.02. The summed E-state index contributed by atoms with van der Waals surface area (Å²) in [5.41, 5.74) is 3.33. The summed E-state index contributed by atoms with van der Waals surface area (Å²) in [6, 6.07) is 10.1. The fourth-order valence-corrected chi connectivity index (χ4v) is 3.57. The molecule has 1 aromatic carbocycles. The maximum absolute atomic E-state index is 12.6. The SMILES string of the molecule is CC(C)Nc1nc(-c2ccc(N3CC[C@H](O)C3)cc2)cc2ncn(C)c(=O)c12. The Labute approximate surface area is 163 Å². The van der Waals surface area contributed by atoms with Gasteiger partial charge < -0.3 is 19.9 Å². The molecule has 1 fully saturated rings. The lowest BCUT2D eigenvalue weighted by Gasteiger charge is -2.18. The summed E-state index contributed by atoms with van der Waals surface area (Å²) in [6.07, 6.45) is 2.09. The van der Waals surface area contributed by atoms with E-state index in [9.17, 15) is 9.90 Å². The molecule has 2 aromatic heterocycles. The summed E-state index contributed by atoms with van der Waals surface area (Å²) >= 11 is 0. The molecule has 146 valence electrons. The number of hydrogen-bond donors (Lipinski definition) is 2. The van der Waals surface area contributed by atoms with Gasteiger partial charge in [0.25, 0.3) is 5.56 Å². The van der Waals surface area contributed by atoms with Crippen molar-refractivity contribution < 1.29 is 5.11 Å². The molecule has 3 aromatic rings. The number of aromatic nitrogens is 3. The van der Waals surface area contributed by atoms with E-state index in [0.717, 1.165) is 29.9 Å². The average Bonchev–Trinajstić information content (AvgIpc) is 3.10. The van der Waals surface area contributed by atoms with Crippen molar-refractivity contribution in [3.63, 3.8) is 0 Å². The van der Waals surface area contributed by atoms with E-state index in [1.807, 2.05) is 44.2 Å². The Hall–Kier alpha value is -2.93. The molecule has 3 heterocycles. The summed E-state index contributed by atoms with van der Waals surface area (Å²) in [4.78, 5) is 24.0. The van der Waals surface area contributed by atoms with Gasteiger partial charge in [0, 0.05) is 37.4 Å². The van der Waals surface area contributed by atoms with Gasteiger partial charge in [0.1, 0.15) is 11.2 Å². The maximum Gasteiger partial charge on any atom is 0.264 e. The van der Waals surface area contributed by atoms with E-state index in [1.165, 1.54) is 10.9 Å². The third kappa shape index (κ3) is 3.45. The lowest BCUT2D eigenvalue weighted by molar-refractivity contribution is 0.198. The summed E-state index contributed by atoms with van der Waals surface area (Å²) in [5, 5.41) is 13.5. The first-order valence-electron chi connectivity index (χ1n) is 9.59. The molecule has 0 saturated carbocycles. The lowest BCUT2D eigenvalue weighted by Crippen LogP contribution is -2.21. The first-order valence-corrected chi connectivity index (χ1v) is 9.59. The zero-order chi connectivity index (χ0) is 19.8. The molecule has 0 unspecified atom stereocenters. The van der Waals surface area contributed by atoms with Crippen LogP contribution >= 0.6 is 0 Å². The largest absolute Gasteiger partial charge is 0.391 e. The Morgan fingerprint density at radius 2 is 2.00 bits per heavy atom. The number of fused-ring (bicyclic) bond motifs is 1. The van der Waals surface area contributed by atoms with Gasteiger partial charge in [0.15, 0.2) is 0 Å². The van der Waals surface area contributed by atoms with E-state index >= 15 is 0 Å². The lowest BCUT2D eigenvalue weighted by atomic mass is 10.1. The van der Waals surface area contributed by atoms with Crippen molar-refractivity contribution in [3.8, 4) is 11.3 Å². The molecule has 0 amide bonds. The predicted molar refractivity (Wildman–Crippen MR) is 112 cm³/mol. The van der Waals surface area contributed by atoms with E-state index < -0.39 is 0 Å². The Morgan fingerprint density at radius 1 is 1.25 bits per heavy atom. The van der Waals surface area contributed by atoms with Gasteiger partial charge in [-0.25, -0.2) is 9.97 Å². The topological polar surface area (TPSA) is 83.3 Å². The van der Waals surface area contributed by atoms with Crippen molar-refractivity contribution in [3.05, 3.63) is 47.0 Å². The van der Waals surface area contributed by atoms with E-state index in [4.69, 9.17) is 4.98 Å². The highest BCUT2D eigenvalue weighted by atomic mass is 16.3. The first kappa shape index (κ1) is 18.4. The molecule has 2 N–H and O–H groups in total. The van der Waals surface area contributed by atoms with Gasteiger partial charge in [-0.1, -0.05) is 12.1 Å². The number of aliphatic hydroxyl groups is 1. The Bertz CT molecular complexity index is 1060. The zero-order valence-electron chi connectivity index (χ0n) is 16.4. The Balaban J connectivity index is 1.76. The quantitative estimate of drug-likeness (QED) is 0.724. The molecule has 1 aliphatic heterocycles. The molecule has 1 aliphatic rings. The van der Waals surface area contributed by atoms with E-state index in [1.54, 1.807) is 7.05 Å². The van der Waals surface area contributed by atoms with Gasteiger partial charge in [0.05, 0.1) is 23.6 Å². The van der Waals surface area contributed by atoms with Crippen molar-refractivity contribution in [2.45, 2.75) is 32.4 Å². The number of nitrogens with zero attached hydrogens (tertiary/aromatic N) is 4. The van der Waals surface area contributed by atoms with Crippen LogP contribution in [-0.4, -0.2) is 44.9 Å². The van der Waals surface area contributed by atoms with Crippen LogP contribution in [0.5, 0.6) is 0 Å². The van der Waals surface area contributed by atoms with Crippen LogP contribution in [0.15, 0.2) is 41.5 Å². The van der Waals surface area contributed by atoms with Gasteiger partial charge in [0.2, 0.25) is 0 Å². The van der Waals surface area contributed by atoms with Crippen LogP contribution in [0.1, 0.15) is 20.3 Å². The van der Waals surface area contributed by atoms with Gasteiger partial charge in [-0.15, -0.1) is 0 Å². The second-order valence-electron chi connectivity index (χ2n) is 7.65. The number of aliphatic hydroxyl groups excluding tert-OH is 1. The first-order chi connectivity index (χ1) is 13.4. The highest BCUT2D eigenvalue weighted by molar-refractivity contribution is 5.91. The van der Waals surface area contributed by atoms with Crippen LogP contribution in [-0.2, 0) is 7.05 Å². The van der Waals surface area contributed by atoms with Crippen LogP contribution in [0.25, 0.3) is 22.2 Å². The standard InChI is InChI=1S/C21H25N5O2/c1-13(2)23-20-19-18(22-12-25(3)21(19)28)10-17(24-20)14-4-6-15(7-5-14)26-9-8-16(27)11-26/h4-7,10,12-13,16,27H,8-9,11H2,1-3H3,(H,23,24)/t16-/m0/s1. The third-order valence-electron chi connectivity index (χ3n) is 5.02. The van der Waals surface area contributed by atoms with Gasteiger partial charge in [-0.05, 0) is 38.5 Å². The van der Waals surface area contributed by atoms with Gasteiger partial charge in [-0.2, -0.15) is 0 Å². The number of anilines is 2. The highest BCUT2D eigenvalue weighted by Crippen LogP contribution is 2.28. The van der Waals surface area contributed by atoms with Gasteiger partial charge in [-0.3, -0.25) is 4.79 Å². The second kappa shape index (κ2) is 7.24. The molecule has 7 heteroatoms. The molecule has 0 spiro atoms. The minimum atomic E-state index is -0.250. The molecule has 4 rings (SSSR count). The number of aryl methyl sites for hydroxylation is 1. The van der Waals surface area contributed by atoms with E-state index in [-0.39, 0.29) is 17.7 Å². The van der Waals surface area contributed by atoms with Crippen molar-refractivity contribution in [2.24, 2.45) is 7.05 Å². The zero-order valence-corrected chi connectivity index (χ0v) is 16.4. The molecule has 1 saturated heterocycles. The molecule has 1 atom stereocenters. The van der Waals surface area contributed by atoms with Crippen LogP contribution in [0, 0.1) is 0 Å². The van der Waals surface area contributed by atoms with Crippen LogP contribution in [0.3, 0.4) is 0 Å². The molecule has 7 nitrogen and oxygen atoms in total. The van der Waals surface area contributed by atoms with Crippen LogP contribution in [0.4, 0.5) is 11.5 Å². The smallest absolute Gasteiger partial charge is 0.264 e. The van der Waals surface area contributed by atoms with Crippen molar-refractivity contribution in [1.82, 2.24) is 14.5 Å². The minimum absolute atomic E-state index is 0.116. The number of β-amino-alcohol motifs (C(OH)–C–C–N with tert-alkyl or cyclic N) is 1. The van der Waals surface area contributed by atoms with Crippen LogP contribution < -0.4 is 15.8 Å². The monoisotopic (exact) mass is 379 g/mol. The normalized spacial score (nSPS) is 16.9. The Morgan fingerprint density at radius 3 is 2.64 bits per heavy atom. The second-order valence-corrected chi connectivity index (χ2v) is 7.65. The Kier molecular flexibility index (Phi) is 4.77.